The average Bonchev–Trinajstić information content (AvgIpc) is 2.54. The van der Waals surface area contributed by atoms with Crippen LogP contribution in [0.4, 0.5) is 24.5 Å². The fourth-order valence-corrected chi connectivity index (χ4v) is 2.96. The number of hydrogen-bond donors (Lipinski definition) is 0. The molecule has 1 saturated heterocycles. The Labute approximate surface area is 138 Å². The lowest BCUT2D eigenvalue weighted by molar-refractivity contribution is -0.137. The summed E-state index contributed by atoms with van der Waals surface area (Å²) < 4.78 is 38.5. The molecule has 2 aromatic carbocycles. The van der Waals surface area contributed by atoms with Gasteiger partial charge in [0.2, 0.25) is 0 Å². The fraction of sp³-hybridized carbons (Fsp3) is 0.294. The van der Waals surface area contributed by atoms with Crippen LogP contribution in [-0.4, -0.2) is 26.2 Å². The minimum atomic E-state index is -4.31. The van der Waals surface area contributed by atoms with Gasteiger partial charge in [0.25, 0.3) is 0 Å². The summed E-state index contributed by atoms with van der Waals surface area (Å²) in [6, 6.07) is 13.1. The van der Waals surface area contributed by atoms with Gasteiger partial charge in [0.05, 0.1) is 5.56 Å². The van der Waals surface area contributed by atoms with Gasteiger partial charge < -0.3 is 9.80 Å². The summed E-state index contributed by atoms with van der Waals surface area (Å²) in [4.78, 5) is 4.17. The first-order valence-electron chi connectivity index (χ1n) is 7.36. The molecular formula is C17H16ClF3N2. The molecule has 0 aliphatic carbocycles. The maximum Gasteiger partial charge on any atom is 0.416 e. The zero-order chi connectivity index (χ0) is 16.4. The summed E-state index contributed by atoms with van der Waals surface area (Å²) in [6.07, 6.45) is -4.31. The highest BCUT2D eigenvalue weighted by atomic mass is 35.5. The van der Waals surface area contributed by atoms with E-state index in [9.17, 15) is 13.2 Å². The summed E-state index contributed by atoms with van der Waals surface area (Å²) in [5.74, 6) is 0. The minimum Gasteiger partial charge on any atom is -0.368 e. The van der Waals surface area contributed by atoms with Gasteiger partial charge in [0, 0.05) is 42.6 Å². The van der Waals surface area contributed by atoms with E-state index in [0.717, 1.165) is 24.8 Å². The molecule has 0 atom stereocenters. The zero-order valence-electron chi connectivity index (χ0n) is 12.4. The Hall–Kier alpha value is -1.88. The van der Waals surface area contributed by atoms with Gasteiger partial charge in [-0.15, -0.1) is 0 Å². The Morgan fingerprint density at radius 2 is 1.30 bits per heavy atom. The molecule has 2 aromatic rings. The molecule has 1 aliphatic rings. The summed E-state index contributed by atoms with van der Waals surface area (Å²) in [6.45, 7) is 2.84. The quantitative estimate of drug-likeness (QED) is 0.783. The van der Waals surface area contributed by atoms with Crippen molar-refractivity contribution in [1.29, 1.82) is 0 Å². The van der Waals surface area contributed by atoms with Crippen molar-refractivity contribution in [2.45, 2.75) is 6.18 Å². The second kappa shape index (κ2) is 6.32. The first kappa shape index (κ1) is 16.0. The van der Waals surface area contributed by atoms with Gasteiger partial charge in [0.1, 0.15) is 0 Å². The van der Waals surface area contributed by atoms with Crippen molar-refractivity contribution in [1.82, 2.24) is 0 Å². The standard InChI is InChI=1S/C17H16ClF3N2/c18-14-4-2-6-16(12-14)23-9-7-22(8-10-23)15-5-1-3-13(11-15)17(19,20)21/h1-6,11-12H,7-10H2. The molecule has 0 saturated carbocycles. The van der Waals surface area contributed by atoms with E-state index < -0.39 is 11.7 Å². The van der Waals surface area contributed by atoms with Crippen molar-refractivity contribution >= 4 is 23.0 Å². The summed E-state index contributed by atoms with van der Waals surface area (Å²) in [5, 5.41) is 0.683. The van der Waals surface area contributed by atoms with E-state index in [0.29, 0.717) is 23.8 Å². The number of halogens is 4. The molecule has 3 rings (SSSR count). The molecule has 0 unspecified atom stereocenters. The Kier molecular flexibility index (Phi) is 4.39. The number of anilines is 2. The SMILES string of the molecule is FC(F)(F)c1cccc(N2CCN(c3cccc(Cl)c3)CC2)c1. The first-order chi connectivity index (χ1) is 10.9. The van der Waals surface area contributed by atoms with Gasteiger partial charge in [-0.05, 0) is 36.4 Å². The number of hydrogen-bond acceptors (Lipinski definition) is 2. The van der Waals surface area contributed by atoms with Crippen molar-refractivity contribution in [3.8, 4) is 0 Å². The monoisotopic (exact) mass is 340 g/mol. The van der Waals surface area contributed by atoms with E-state index >= 15 is 0 Å². The van der Waals surface area contributed by atoms with E-state index in [-0.39, 0.29) is 0 Å². The van der Waals surface area contributed by atoms with E-state index in [2.05, 4.69) is 4.90 Å². The molecule has 1 aliphatic heterocycles. The minimum absolute atomic E-state index is 0.604. The van der Waals surface area contributed by atoms with Gasteiger partial charge in [-0.1, -0.05) is 23.7 Å². The van der Waals surface area contributed by atoms with Crippen LogP contribution >= 0.6 is 11.6 Å². The van der Waals surface area contributed by atoms with Gasteiger partial charge >= 0.3 is 6.18 Å². The lowest BCUT2D eigenvalue weighted by Gasteiger charge is -2.37. The second-order valence-corrected chi connectivity index (χ2v) is 5.94. The van der Waals surface area contributed by atoms with Crippen LogP contribution in [0.5, 0.6) is 0 Å². The lowest BCUT2D eigenvalue weighted by atomic mass is 10.1. The Balaban J connectivity index is 1.70. The molecule has 23 heavy (non-hydrogen) atoms. The van der Waals surface area contributed by atoms with Crippen molar-refractivity contribution in [3.05, 3.63) is 59.1 Å². The van der Waals surface area contributed by atoms with Crippen LogP contribution in [0, 0.1) is 0 Å². The highest BCUT2D eigenvalue weighted by Gasteiger charge is 2.31. The van der Waals surface area contributed by atoms with Crippen LogP contribution in [-0.2, 0) is 6.18 Å². The number of piperazine rings is 1. The van der Waals surface area contributed by atoms with Gasteiger partial charge in [0.15, 0.2) is 0 Å². The predicted octanol–water partition coefficient (Wildman–Crippen LogP) is 4.69. The molecule has 0 amide bonds. The molecule has 1 heterocycles. The maximum atomic E-state index is 12.8. The molecular weight excluding hydrogens is 325 g/mol. The first-order valence-corrected chi connectivity index (χ1v) is 7.74. The molecule has 0 N–H and O–H groups in total. The number of alkyl halides is 3. The summed E-state index contributed by atoms with van der Waals surface area (Å²) >= 11 is 6.01. The number of nitrogens with zero attached hydrogens (tertiary/aromatic N) is 2. The predicted molar refractivity (Wildman–Crippen MR) is 87.3 cm³/mol. The van der Waals surface area contributed by atoms with Crippen LogP contribution in [0.2, 0.25) is 5.02 Å². The third-order valence-corrected chi connectivity index (χ3v) is 4.23. The smallest absolute Gasteiger partial charge is 0.368 e. The van der Waals surface area contributed by atoms with Crippen molar-refractivity contribution in [3.63, 3.8) is 0 Å². The van der Waals surface area contributed by atoms with Crippen molar-refractivity contribution < 1.29 is 13.2 Å². The largest absolute Gasteiger partial charge is 0.416 e. The molecule has 122 valence electrons. The lowest BCUT2D eigenvalue weighted by Crippen LogP contribution is -2.46. The van der Waals surface area contributed by atoms with Crippen LogP contribution in [0.15, 0.2) is 48.5 Å². The third-order valence-electron chi connectivity index (χ3n) is 3.99. The summed E-state index contributed by atoms with van der Waals surface area (Å²) in [5.41, 5.74) is 1.05. The van der Waals surface area contributed by atoms with E-state index in [4.69, 9.17) is 11.6 Å². The van der Waals surface area contributed by atoms with Crippen LogP contribution in [0.25, 0.3) is 0 Å². The molecule has 0 spiro atoms. The van der Waals surface area contributed by atoms with Crippen molar-refractivity contribution in [2.75, 3.05) is 36.0 Å². The second-order valence-electron chi connectivity index (χ2n) is 5.50. The van der Waals surface area contributed by atoms with E-state index in [1.165, 1.54) is 12.1 Å². The van der Waals surface area contributed by atoms with Gasteiger partial charge in [-0.25, -0.2) is 0 Å². The topological polar surface area (TPSA) is 6.48 Å². The van der Waals surface area contributed by atoms with Crippen LogP contribution in [0.3, 0.4) is 0 Å². The molecule has 6 heteroatoms. The van der Waals surface area contributed by atoms with Gasteiger partial charge in [-0.2, -0.15) is 13.2 Å². The highest BCUT2D eigenvalue weighted by Crippen LogP contribution is 2.32. The van der Waals surface area contributed by atoms with E-state index in [1.807, 2.05) is 29.2 Å². The van der Waals surface area contributed by atoms with E-state index in [1.54, 1.807) is 6.07 Å². The van der Waals surface area contributed by atoms with Crippen molar-refractivity contribution in [2.24, 2.45) is 0 Å². The number of benzene rings is 2. The normalized spacial score (nSPS) is 15.8. The van der Waals surface area contributed by atoms with Crippen LogP contribution in [0.1, 0.15) is 5.56 Å². The molecule has 0 aromatic heterocycles. The number of rotatable bonds is 2. The Morgan fingerprint density at radius 3 is 1.83 bits per heavy atom. The Morgan fingerprint density at radius 1 is 0.783 bits per heavy atom. The van der Waals surface area contributed by atoms with Gasteiger partial charge in [-0.3, -0.25) is 0 Å². The summed E-state index contributed by atoms with van der Waals surface area (Å²) in [7, 11) is 0. The van der Waals surface area contributed by atoms with Crippen LogP contribution < -0.4 is 9.80 Å². The molecule has 0 bridgehead atoms. The molecule has 0 radical (unpaired) electrons. The average molecular weight is 341 g/mol. The third kappa shape index (κ3) is 3.72. The highest BCUT2D eigenvalue weighted by molar-refractivity contribution is 6.30. The maximum absolute atomic E-state index is 12.8. The molecule has 2 nitrogen and oxygen atoms in total. The Bertz CT molecular complexity index is 680. The zero-order valence-corrected chi connectivity index (χ0v) is 13.1. The molecule has 1 fully saturated rings. The fourth-order valence-electron chi connectivity index (χ4n) is 2.77.